The molecule has 0 unspecified atom stereocenters. The molecule has 1 saturated heterocycles. The molecule has 2 rings (SSSR count). The second kappa shape index (κ2) is 11.0. The topological polar surface area (TPSA) is 109 Å². The van der Waals surface area contributed by atoms with E-state index in [1.54, 1.807) is 26.8 Å². The molecule has 1 aliphatic rings. The maximum atomic E-state index is 13.6. The van der Waals surface area contributed by atoms with Crippen LogP contribution in [0.5, 0.6) is 0 Å². The summed E-state index contributed by atoms with van der Waals surface area (Å²) in [5, 5.41) is 23.8. The van der Waals surface area contributed by atoms with Crippen LogP contribution < -0.4 is 5.90 Å². The first-order chi connectivity index (χ1) is 10.9. The van der Waals surface area contributed by atoms with Gasteiger partial charge in [0.05, 0.1) is 24.9 Å². The molecule has 0 spiro atoms. The predicted molar refractivity (Wildman–Crippen MR) is 83.2 cm³/mol. The third kappa shape index (κ3) is 6.22. The highest BCUT2D eigenvalue weighted by Gasteiger charge is 2.23. The maximum Gasteiger partial charge on any atom is 0.184 e. The van der Waals surface area contributed by atoms with Gasteiger partial charge in [-0.15, -0.1) is 0 Å². The van der Waals surface area contributed by atoms with E-state index in [1.807, 2.05) is 13.0 Å². The molecule has 1 fully saturated rings. The highest BCUT2D eigenvalue weighted by atomic mass is 19.1. The fourth-order valence-electron chi connectivity index (χ4n) is 1.83. The van der Waals surface area contributed by atoms with Crippen LogP contribution in [0.1, 0.15) is 48.8 Å². The van der Waals surface area contributed by atoms with Crippen molar-refractivity contribution in [2.24, 2.45) is 5.90 Å². The van der Waals surface area contributed by atoms with E-state index in [1.165, 1.54) is 0 Å². The van der Waals surface area contributed by atoms with Crippen molar-refractivity contribution in [2.45, 2.75) is 46.5 Å². The van der Waals surface area contributed by atoms with E-state index in [0.717, 1.165) is 12.0 Å². The summed E-state index contributed by atoms with van der Waals surface area (Å²) in [4.78, 5) is 0. The molecule has 6 nitrogen and oxygen atoms in total. The first-order valence-corrected chi connectivity index (χ1v) is 7.29. The van der Waals surface area contributed by atoms with Gasteiger partial charge in [-0.05, 0) is 44.4 Å². The van der Waals surface area contributed by atoms with Crippen molar-refractivity contribution in [1.29, 1.82) is 5.26 Å². The van der Waals surface area contributed by atoms with Gasteiger partial charge in [0.15, 0.2) is 6.29 Å². The zero-order chi connectivity index (χ0) is 18.0. The lowest BCUT2D eigenvalue weighted by Gasteiger charge is -2.15. The lowest BCUT2D eigenvalue weighted by molar-refractivity contribution is -0.0446. The summed E-state index contributed by atoms with van der Waals surface area (Å²) in [6.07, 6.45) is 0.279. The molecule has 0 saturated carbocycles. The number of hydrogen-bond donors (Lipinski definition) is 3. The average Bonchev–Trinajstić information content (AvgIpc) is 3.08. The summed E-state index contributed by atoms with van der Waals surface area (Å²) in [6.45, 7) is 8.13. The Hall–Kier alpha value is -1.56. The first-order valence-electron chi connectivity index (χ1n) is 7.29. The van der Waals surface area contributed by atoms with Gasteiger partial charge in [0, 0.05) is 5.56 Å². The molecule has 1 atom stereocenters. The van der Waals surface area contributed by atoms with Crippen LogP contribution in [-0.4, -0.2) is 29.6 Å². The fraction of sp³-hybridized carbons (Fsp3) is 0.562. The SMILES string of the molecule is CC[C@@H](C)O.Cc1cc(C2OCCO2)c(C)c(C#N)c1F.NO. The Morgan fingerprint density at radius 3 is 2.26 bits per heavy atom. The minimum atomic E-state index is -0.466. The molecule has 1 aromatic carbocycles. The molecule has 1 aliphatic heterocycles. The van der Waals surface area contributed by atoms with E-state index < -0.39 is 12.1 Å². The van der Waals surface area contributed by atoms with Crippen molar-refractivity contribution in [3.8, 4) is 6.07 Å². The summed E-state index contributed by atoms with van der Waals surface area (Å²) in [7, 11) is 0. The zero-order valence-corrected chi connectivity index (χ0v) is 14.0. The van der Waals surface area contributed by atoms with Gasteiger partial charge in [-0.1, -0.05) is 6.92 Å². The van der Waals surface area contributed by atoms with Crippen molar-refractivity contribution in [3.63, 3.8) is 0 Å². The van der Waals surface area contributed by atoms with Gasteiger partial charge in [0.25, 0.3) is 0 Å². The van der Waals surface area contributed by atoms with Gasteiger partial charge in [0.1, 0.15) is 11.9 Å². The third-order valence-corrected chi connectivity index (χ3v) is 3.32. The van der Waals surface area contributed by atoms with Crippen LogP contribution in [0.15, 0.2) is 6.07 Å². The number of benzene rings is 1. The van der Waals surface area contributed by atoms with Gasteiger partial charge in [-0.3, -0.25) is 0 Å². The van der Waals surface area contributed by atoms with Gasteiger partial charge >= 0.3 is 0 Å². The Morgan fingerprint density at radius 2 is 1.87 bits per heavy atom. The summed E-state index contributed by atoms with van der Waals surface area (Å²) in [5.74, 6) is 3.04. The molecule has 4 N–H and O–H groups in total. The second-order valence-electron chi connectivity index (χ2n) is 5.04. The van der Waals surface area contributed by atoms with Crippen molar-refractivity contribution in [1.82, 2.24) is 0 Å². The van der Waals surface area contributed by atoms with Gasteiger partial charge in [0.2, 0.25) is 0 Å². The molecule has 0 radical (unpaired) electrons. The Kier molecular flexibility index (Phi) is 10.3. The average molecular weight is 328 g/mol. The minimum absolute atomic E-state index is 0.0779. The van der Waals surface area contributed by atoms with Crippen LogP contribution in [0.2, 0.25) is 0 Å². The number of ether oxygens (including phenoxy) is 2. The molecular formula is C16H25FN2O4. The molecule has 7 heteroatoms. The first kappa shape index (κ1) is 21.4. The number of aliphatic hydroxyl groups is 1. The second-order valence-corrected chi connectivity index (χ2v) is 5.04. The molecule has 130 valence electrons. The predicted octanol–water partition coefficient (Wildman–Crippen LogP) is 2.47. The molecule has 23 heavy (non-hydrogen) atoms. The number of nitrogens with zero attached hydrogens (tertiary/aromatic N) is 1. The van der Waals surface area contributed by atoms with Gasteiger partial charge in [-0.25, -0.2) is 10.3 Å². The molecule has 0 amide bonds. The van der Waals surface area contributed by atoms with Crippen molar-refractivity contribution < 1.29 is 24.2 Å². The monoisotopic (exact) mass is 328 g/mol. The maximum absolute atomic E-state index is 13.6. The van der Waals surface area contributed by atoms with Crippen LogP contribution in [0, 0.1) is 31.0 Å². The summed E-state index contributed by atoms with van der Waals surface area (Å²) < 4.78 is 24.3. The summed E-state index contributed by atoms with van der Waals surface area (Å²) >= 11 is 0. The Bertz CT molecular complexity index is 524. The quantitative estimate of drug-likeness (QED) is 0.720. The lowest BCUT2D eigenvalue weighted by Crippen LogP contribution is -2.05. The van der Waals surface area contributed by atoms with E-state index in [9.17, 15) is 4.39 Å². The van der Waals surface area contributed by atoms with Gasteiger partial charge in [-0.2, -0.15) is 5.26 Å². The highest BCUT2D eigenvalue weighted by Crippen LogP contribution is 2.30. The number of aryl methyl sites for hydroxylation is 1. The van der Waals surface area contributed by atoms with E-state index >= 15 is 0 Å². The molecule has 0 bridgehead atoms. The number of aliphatic hydroxyl groups excluding tert-OH is 1. The Morgan fingerprint density at radius 1 is 1.39 bits per heavy atom. The number of nitrogens with two attached hydrogens (primary N) is 1. The number of nitriles is 1. The molecular weight excluding hydrogens is 303 g/mol. The van der Waals surface area contributed by atoms with E-state index in [0.29, 0.717) is 24.3 Å². The lowest BCUT2D eigenvalue weighted by atomic mass is 9.98. The van der Waals surface area contributed by atoms with Crippen LogP contribution >= 0.6 is 0 Å². The van der Waals surface area contributed by atoms with Crippen molar-refractivity contribution >= 4 is 0 Å². The van der Waals surface area contributed by atoms with E-state index in [-0.39, 0.29) is 11.7 Å². The minimum Gasteiger partial charge on any atom is -0.393 e. The standard InChI is InChI=1S/C12H12FNO2.C4H10O.H3NO/c1-7-5-9(12-15-3-4-16-12)8(2)10(6-14)11(7)13;1-3-4(2)5;1-2/h5,12H,3-4H2,1-2H3;4-5H,3H2,1-2H3;2H,1H2/t;4-;/m.1./s1. The summed E-state index contributed by atoms with van der Waals surface area (Å²) in [6, 6.07) is 3.56. The third-order valence-electron chi connectivity index (χ3n) is 3.32. The van der Waals surface area contributed by atoms with Gasteiger partial charge < -0.3 is 19.8 Å². The van der Waals surface area contributed by atoms with Crippen LogP contribution in [-0.2, 0) is 9.47 Å². The fourth-order valence-corrected chi connectivity index (χ4v) is 1.83. The normalized spacial score (nSPS) is 14.9. The zero-order valence-electron chi connectivity index (χ0n) is 14.0. The largest absolute Gasteiger partial charge is 0.393 e. The van der Waals surface area contributed by atoms with E-state index in [2.05, 4.69) is 5.90 Å². The Balaban J connectivity index is 0.000000594. The van der Waals surface area contributed by atoms with E-state index in [4.69, 9.17) is 25.0 Å². The number of hydrogen-bond acceptors (Lipinski definition) is 6. The number of rotatable bonds is 2. The van der Waals surface area contributed by atoms with Crippen molar-refractivity contribution in [3.05, 3.63) is 34.1 Å². The van der Waals surface area contributed by atoms with Crippen molar-refractivity contribution in [2.75, 3.05) is 13.2 Å². The van der Waals surface area contributed by atoms with Crippen LogP contribution in [0.4, 0.5) is 4.39 Å². The summed E-state index contributed by atoms with van der Waals surface area (Å²) in [5.41, 5.74) is 1.86. The number of halogens is 1. The molecule has 1 heterocycles. The van der Waals surface area contributed by atoms with Crippen LogP contribution in [0.25, 0.3) is 0 Å². The smallest absolute Gasteiger partial charge is 0.184 e. The van der Waals surface area contributed by atoms with Crippen LogP contribution in [0.3, 0.4) is 0 Å². The molecule has 0 aromatic heterocycles. The molecule has 1 aromatic rings. The highest BCUT2D eigenvalue weighted by molar-refractivity contribution is 5.46. The molecule has 0 aliphatic carbocycles. The Labute approximate surface area is 136 Å².